The van der Waals surface area contributed by atoms with Gasteiger partial charge in [0.15, 0.2) is 12.1 Å². The average Bonchev–Trinajstić information content (AvgIpc) is 2.80. The molecule has 1 aromatic heterocycles. The highest BCUT2D eigenvalue weighted by molar-refractivity contribution is 5.79. The van der Waals surface area contributed by atoms with E-state index >= 15 is 0 Å². The van der Waals surface area contributed by atoms with Crippen molar-refractivity contribution in [3.8, 4) is 0 Å². The summed E-state index contributed by atoms with van der Waals surface area (Å²) in [4.78, 5) is 3.73. The molecule has 0 aliphatic rings. The molecule has 1 heterocycles. The van der Waals surface area contributed by atoms with Crippen molar-refractivity contribution < 1.29 is 22.7 Å². The highest BCUT2D eigenvalue weighted by atomic mass is 19.4. The van der Waals surface area contributed by atoms with Crippen molar-refractivity contribution in [2.24, 2.45) is 4.99 Å². The first-order chi connectivity index (χ1) is 8.43. The topological polar surface area (TPSA) is 69.8 Å². The van der Waals surface area contributed by atoms with E-state index in [0.717, 1.165) is 5.56 Å². The largest absolute Gasteiger partial charge is 0.472 e. The Labute approximate surface area is 102 Å². The molecule has 0 radical (unpaired) electrons. The van der Waals surface area contributed by atoms with E-state index in [2.05, 4.69) is 15.6 Å². The maximum absolute atomic E-state index is 12.0. The zero-order valence-electron chi connectivity index (χ0n) is 9.66. The minimum Gasteiger partial charge on any atom is -0.472 e. The molecule has 8 heteroatoms. The predicted molar refractivity (Wildman–Crippen MR) is 59.0 cm³/mol. The van der Waals surface area contributed by atoms with Gasteiger partial charge in [-0.3, -0.25) is 4.99 Å². The second kappa shape index (κ2) is 6.29. The molecule has 0 saturated carbocycles. The minimum atomic E-state index is -4.64. The summed E-state index contributed by atoms with van der Waals surface area (Å²) in [6.45, 7) is -0.299. The van der Waals surface area contributed by atoms with E-state index in [-0.39, 0.29) is 5.96 Å². The number of aliphatic hydroxyl groups is 1. The molecule has 3 N–H and O–H groups in total. The summed E-state index contributed by atoms with van der Waals surface area (Å²) in [7, 11) is 1.42. The predicted octanol–water partition coefficient (Wildman–Crippen LogP) is 0.868. The Morgan fingerprint density at radius 1 is 1.50 bits per heavy atom. The maximum Gasteiger partial charge on any atom is 0.416 e. The maximum atomic E-state index is 12.0. The van der Waals surface area contributed by atoms with Crippen LogP contribution in [0.4, 0.5) is 13.2 Å². The first-order valence-corrected chi connectivity index (χ1v) is 5.14. The Balaban J connectivity index is 2.35. The van der Waals surface area contributed by atoms with Crippen LogP contribution >= 0.6 is 0 Å². The Morgan fingerprint density at radius 3 is 2.72 bits per heavy atom. The third-order valence-corrected chi connectivity index (χ3v) is 2.10. The smallest absolute Gasteiger partial charge is 0.416 e. The van der Waals surface area contributed by atoms with E-state index in [1.54, 1.807) is 6.07 Å². The van der Waals surface area contributed by atoms with Crippen molar-refractivity contribution in [2.75, 3.05) is 13.6 Å². The normalized spacial score (nSPS) is 14.4. The number of guanidine groups is 1. The quantitative estimate of drug-likeness (QED) is 0.558. The van der Waals surface area contributed by atoms with E-state index in [1.165, 1.54) is 19.6 Å². The van der Waals surface area contributed by atoms with Crippen LogP contribution in [0.15, 0.2) is 28.0 Å². The summed E-state index contributed by atoms with van der Waals surface area (Å²) in [5.74, 6) is 0.166. The van der Waals surface area contributed by atoms with Crippen molar-refractivity contribution in [3.05, 3.63) is 24.2 Å². The molecule has 102 valence electrons. The fourth-order valence-corrected chi connectivity index (χ4v) is 1.11. The number of halogens is 3. The van der Waals surface area contributed by atoms with Crippen LogP contribution in [0.25, 0.3) is 0 Å². The first-order valence-electron chi connectivity index (χ1n) is 5.14. The lowest BCUT2D eigenvalue weighted by Crippen LogP contribution is -2.45. The molecule has 0 fully saturated rings. The zero-order chi connectivity index (χ0) is 13.6. The number of furan rings is 1. The fraction of sp³-hybridized carbons (Fsp3) is 0.500. The highest BCUT2D eigenvalue weighted by Gasteiger charge is 2.37. The van der Waals surface area contributed by atoms with Crippen LogP contribution in [0.5, 0.6) is 0 Å². The van der Waals surface area contributed by atoms with Gasteiger partial charge in [0.2, 0.25) is 0 Å². The van der Waals surface area contributed by atoms with Crippen LogP contribution in [0.1, 0.15) is 5.56 Å². The molecule has 0 aliphatic carbocycles. The van der Waals surface area contributed by atoms with Gasteiger partial charge < -0.3 is 20.2 Å². The molecule has 1 atom stereocenters. The number of alkyl halides is 3. The molecule has 0 aromatic carbocycles. The summed E-state index contributed by atoms with van der Waals surface area (Å²) in [6.07, 6.45) is -4.08. The SMILES string of the molecule is CN=C(NCc1ccoc1)NCC(O)C(F)(F)F. The summed E-state index contributed by atoms with van der Waals surface area (Å²) >= 11 is 0. The fourth-order valence-electron chi connectivity index (χ4n) is 1.11. The van der Waals surface area contributed by atoms with Crippen LogP contribution in [0.2, 0.25) is 0 Å². The second-order valence-electron chi connectivity index (χ2n) is 3.50. The van der Waals surface area contributed by atoms with Gasteiger partial charge in [0.25, 0.3) is 0 Å². The number of aliphatic hydroxyl groups excluding tert-OH is 1. The summed E-state index contributed by atoms with van der Waals surface area (Å²) < 4.78 is 41.0. The van der Waals surface area contributed by atoms with Gasteiger partial charge in [-0.25, -0.2) is 0 Å². The third-order valence-electron chi connectivity index (χ3n) is 2.10. The van der Waals surface area contributed by atoms with Crippen molar-refractivity contribution in [1.29, 1.82) is 0 Å². The molecule has 1 rings (SSSR count). The number of nitrogens with zero attached hydrogens (tertiary/aromatic N) is 1. The van der Waals surface area contributed by atoms with Gasteiger partial charge >= 0.3 is 6.18 Å². The van der Waals surface area contributed by atoms with Crippen LogP contribution in [-0.2, 0) is 6.54 Å². The van der Waals surface area contributed by atoms with E-state index in [0.29, 0.717) is 6.54 Å². The van der Waals surface area contributed by atoms with E-state index in [1.807, 2.05) is 0 Å². The second-order valence-corrected chi connectivity index (χ2v) is 3.50. The van der Waals surface area contributed by atoms with Gasteiger partial charge in [-0.1, -0.05) is 0 Å². The van der Waals surface area contributed by atoms with Gasteiger partial charge in [-0.2, -0.15) is 13.2 Å². The Bertz CT molecular complexity index is 376. The van der Waals surface area contributed by atoms with Crippen LogP contribution < -0.4 is 10.6 Å². The third kappa shape index (κ3) is 4.66. The summed E-state index contributed by atoms with van der Waals surface area (Å²) in [5.41, 5.74) is 0.828. The molecule has 18 heavy (non-hydrogen) atoms. The molecule has 5 nitrogen and oxygen atoms in total. The lowest BCUT2D eigenvalue weighted by atomic mass is 10.3. The Hall–Kier alpha value is -1.70. The molecule has 1 aromatic rings. The van der Waals surface area contributed by atoms with Gasteiger partial charge in [0, 0.05) is 19.2 Å². The first kappa shape index (κ1) is 14.4. The van der Waals surface area contributed by atoms with E-state index < -0.39 is 18.8 Å². The average molecular weight is 265 g/mol. The van der Waals surface area contributed by atoms with Gasteiger partial charge in [-0.15, -0.1) is 0 Å². The lowest BCUT2D eigenvalue weighted by Gasteiger charge is -2.17. The molecule has 0 aliphatic heterocycles. The molecule has 0 amide bonds. The van der Waals surface area contributed by atoms with Crippen LogP contribution in [0.3, 0.4) is 0 Å². The zero-order valence-corrected chi connectivity index (χ0v) is 9.66. The van der Waals surface area contributed by atoms with Crippen molar-refractivity contribution in [2.45, 2.75) is 18.8 Å². The molecule has 1 unspecified atom stereocenters. The van der Waals surface area contributed by atoms with Crippen molar-refractivity contribution in [1.82, 2.24) is 10.6 Å². The van der Waals surface area contributed by atoms with Gasteiger partial charge in [0.1, 0.15) is 0 Å². The molecular formula is C10H14F3N3O2. The number of rotatable bonds is 4. The summed E-state index contributed by atoms with van der Waals surface area (Å²) in [6, 6.07) is 1.71. The molecular weight excluding hydrogens is 251 g/mol. The number of nitrogens with one attached hydrogen (secondary N) is 2. The van der Waals surface area contributed by atoms with Gasteiger partial charge in [-0.05, 0) is 6.07 Å². The highest BCUT2D eigenvalue weighted by Crippen LogP contribution is 2.19. The minimum absolute atomic E-state index is 0.166. The van der Waals surface area contributed by atoms with Crippen LogP contribution in [0, 0.1) is 0 Å². The molecule has 0 bridgehead atoms. The van der Waals surface area contributed by atoms with E-state index in [9.17, 15) is 13.2 Å². The standard InChI is InChI=1S/C10H14F3N3O2/c1-14-9(15-4-7-2-3-18-6-7)16-5-8(17)10(11,12)13/h2-3,6,8,17H,4-5H2,1H3,(H2,14,15,16). The molecule has 0 saturated heterocycles. The monoisotopic (exact) mass is 265 g/mol. The van der Waals surface area contributed by atoms with Crippen LogP contribution in [-0.4, -0.2) is 36.9 Å². The Kier molecular flexibility index (Phi) is 5.02. The Morgan fingerprint density at radius 2 is 2.22 bits per heavy atom. The van der Waals surface area contributed by atoms with Crippen molar-refractivity contribution in [3.63, 3.8) is 0 Å². The number of aliphatic imine (C=N–C) groups is 1. The van der Waals surface area contributed by atoms with Crippen molar-refractivity contribution >= 4 is 5.96 Å². The number of hydrogen-bond acceptors (Lipinski definition) is 3. The lowest BCUT2D eigenvalue weighted by molar-refractivity contribution is -0.201. The summed E-state index contributed by atoms with van der Waals surface area (Å²) in [5, 5.41) is 14.0. The number of hydrogen-bond donors (Lipinski definition) is 3. The van der Waals surface area contributed by atoms with Gasteiger partial charge in [0.05, 0.1) is 19.1 Å². The van der Waals surface area contributed by atoms with E-state index in [4.69, 9.17) is 9.52 Å². The molecule has 0 spiro atoms.